The maximum absolute atomic E-state index is 15.7. The molecule has 1 fully saturated rings. The standard InChI is InChI=1S/C27H29F8N5O5S2/c1-4-16(27(33,34)35)39-47(43,44)15-7-6-13(18(19(15)28)21(29)30)20-14(11-40-9-5-8-26(31,32)12-40)36-23(46-20)22-37-17(45-38-22)10-25(2,3)24(41)42/h6-7,16,21,39H,4-5,8-12H2,1-3H3,(H,41,42). The molecule has 0 saturated carbocycles. The Morgan fingerprint density at radius 2 is 1.89 bits per heavy atom. The van der Waals surface area contributed by atoms with Crippen molar-refractivity contribution in [3.8, 4) is 21.3 Å². The lowest BCUT2D eigenvalue weighted by molar-refractivity contribution is -0.151. The van der Waals surface area contributed by atoms with Crippen LogP contribution in [-0.4, -0.2) is 70.7 Å². The van der Waals surface area contributed by atoms with Gasteiger partial charge in [-0.1, -0.05) is 18.1 Å². The highest BCUT2D eigenvalue weighted by Gasteiger charge is 2.42. The average molecular weight is 720 g/mol. The van der Waals surface area contributed by atoms with Crippen LogP contribution in [0.2, 0.25) is 0 Å². The van der Waals surface area contributed by atoms with Crippen molar-refractivity contribution < 1.29 is 58.0 Å². The summed E-state index contributed by atoms with van der Waals surface area (Å²) in [4.78, 5) is 19.6. The normalized spacial score (nSPS) is 16.9. The molecule has 47 heavy (non-hydrogen) atoms. The molecule has 1 atom stereocenters. The summed E-state index contributed by atoms with van der Waals surface area (Å²) in [5.74, 6) is -6.58. The summed E-state index contributed by atoms with van der Waals surface area (Å²) in [7, 11) is -5.30. The molecule has 1 aromatic carbocycles. The molecule has 10 nitrogen and oxygen atoms in total. The van der Waals surface area contributed by atoms with E-state index in [1.807, 2.05) is 0 Å². The first-order valence-electron chi connectivity index (χ1n) is 14.0. The molecule has 0 amide bonds. The lowest BCUT2D eigenvalue weighted by Gasteiger charge is -2.32. The van der Waals surface area contributed by atoms with Gasteiger partial charge in [0, 0.05) is 24.9 Å². The summed E-state index contributed by atoms with van der Waals surface area (Å²) in [5.41, 5.74) is -3.47. The number of carboxylic acids is 1. The fraction of sp³-hybridized carbons (Fsp3) is 0.556. The van der Waals surface area contributed by atoms with Crippen LogP contribution in [0.5, 0.6) is 0 Å². The SMILES string of the molecule is CCC(NS(=O)(=O)c1ccc(-c2sc(-c3noc(CC(C)(C)C(=O)O)n3)nc2CN2CCCC(F)(F)C2)c(C(F)F)c1F)C(F)(F)F. The first kappa shape index (κ1) is 36.6. The molecule has 2 N–H and O–H groups in total. The predicted octanol–water partition coefficient (Wildman–Crippen LogP) is 6.44. The van der Waals surface area contributed by atoms with Crippen LogP contribution < -0.4 is 4.72 Å². The second-order valence-electron chi connectivity index (χ2n) is 11.6. The van der Waals surface area contributed by atoms with E-state index in [9.17, 15) is 49.1 Å². The summed E-state index contributed by atoms with van der Waals surface area (Å²) >= 11 is 0.623. The van der Waals surface area contributed by atoms with E-state index < -0.39 is 80.8 Å². The van der Waals surface area contributed by atoms with Crippen LogP contribution in [0.25, 0.3) is 21.3 Å². The number of hydrogen-bond acceptors (Lipinski definition) is 9. The van der Waals surface area contributed by atoms with Crippen molar-refractivity contribution in [1.82, 2.24) is 24.7 Å². The number of benzene rings is 1. The summed E-state index contributed by atoms with van der Waals surface area (Å²) in [5, 5.41) is 13.1. The molecule has 1 unspecified atom stereocenters. The maximum Gasteiger partial charge on any atom is 0.404 e. The van der Waals surface area contributed by atoms with Crippen molar-refractivity contribution in [1.29, 1.82) is 0 Å². The van der Waals surface area contributed by atoms with Gasteiger partial charge >= 0.3 is 12.1 Å². The number of nitrogens with zero attached hydrogens (tertiary/aromatic N) is 4. The van der Waals surface area contributed by atoms with E-state index in [1.165, 1.54) is 23.5 Å². The molecule has 0 bridgehead atoms. The van der Waals surface area contributed by atoms with Crippen molar-refractivity contribution in [2.45, 2.75) is 82.5 Å². The van der Waals surface area contributed by atoms with E-state index in [0.29, 0.717) is 17.4 Å². The highest BCUT2D eigenvalue weighted by Crippen LogP contribution is 2.43. The largest absolute Gasteiger partial charge is 0.481 e. The lowest BCUT2D eigenvalue weighted by atomic mass is 9.90. The van der Waals surface area contributed by atoms with Crippen molar-refractivity contribution in [2.75, 3.05) is 13.1 Å². The van der Waals surface area contributed by atoms with E-state index in [-0.39, 0.29) is 59.6 Å². The Kier molecular flexibility index (Phi) is 10.4. The summed E-state index contributed by atoms with van der Waals surface area (Å²) < 4.78 is 145. The Labute approximate surface area is 267 Å². The minimum absolute atomic E-state index is 0.0973. The highest BCUT2D eigenvalue weighted by atomic mass is 32.2. The van der Waals surface area contributed by atoms with Gasteiger partial charge in [-0.15, -0.1) is 11.3 Å². The molecule has 1 saturated heterocycles. The zero-order chi connectivity index (χ0) is 35.1. The molecule has 260 valence electrons. The molecule has 20 heteroatoms. The number of piperidine rings is 1. The van der Waals surface area contributed by atoms with E-state index >= 15 is 4.39 Å². The number of carbonyl (C=O) groups is 1. The van der Waals surface area contributed by atoms with Crippen molar-refractivity contribution in [2.24, 2.45) is 5.41 Å². The predicted molar refractivity (Wildman–Crippen MR) is 151 cm³/mol. The monoisotopic (exact) mass is 719 g/mol. The lowest BCUT2D eigenvalue weighted by Crippen LogP contribution is -2.45. The quantitative estimate of drug-likeness (QED) is 0.203. The summed E-state index contributed by atoms with van der Waals surface area (Å²) in [6, 6.07) is -1.32. The van der Waals surface area contributed by atoms with Gasteiger partial charge in [-0.3, -0.25) is 9.69 Å². The number of halogens is 8. The van der Waals surface area contributed by atoms with E-state index in [4.69, 9.17) is 4.52 Å². The Morgan fingerprint density at radius 3 is 2.47 bits per heavy atom. The van der Waals surface area contributed by atoms with Gasteiger partial charge in [0.25, 0.3) is 12.3 Å². The van der Waals surface area contributed by atoms with Gasteiger partial charge in [0.05, 0.1) is 28.1 Å². The first-order chi connectivity index (χ1) is 21.6. The Hall–Kier alpha value is -3.23. The van der Waals surface area contributed by atoms with E-state index in [1.54, 1.807) is 0 Å². The molecule has 2 aromatic heterocycles. The third-order valence-electron chi connectivity index (χ3n) is 7.37. The number of hydrogen-bond donors (Lipinski definition) is 2. The molecule has 0 spiro atoms. The fourth-order valence-corrected chi connectivity index (χ4v) is 7.28. The molecule has 3 aromatic rings. The number of carboxylic acid groups (broad SMARTS) is 1. The van der Waals surface area contributed by atoms with Crippen LogP contribution in [-0.2, 0) is 27.8 Å². The number of thiazole rings is 1. The van der Waals surface area contributed by atoms with Crippen LogP contribution >= 0.6 is 11.3 Å². The second-order valence-corrected chi connectivity index (χ2v) is 14.3. The molecular weight excluding hydrogens is 690 g/mol. The number of nitrogens with one attached hydrogen (secondary N) is 1. The molecule has 4 rings (SSSR count). The van der Waals surface area contributed by atoms with E-state index in [2.05, 4.69) is 15.1 Å². The van der Waals surface area contributed by atoms with Gasteiger partial charge < -0.3 is 9.63 Å². The van der Waals surface area contributed by atoms with E-state index in [0.717, 1.165) is 13.0 Å². The van der Waals surface area contributed by atoms with Gasteiger partial charge in [0.1, 0.15) is 10.9 Å². The Balaban J connectivity index is 1.83. The van der Waals surface area contributed by atoms with Crippen molar-refractivity contribution in [3.63, 3.8) is 0 Å². The topological polar surface area (TPSA) is 139 Å². The van der Waals surface area contributed by atoms with Crippen LogP contribution in [0, 0.1) is 11.2 Å². The highest BCUT2D eigenvalue weighted by molar-refractivity contribution is 7.89. The molecule has 1 aliphatic rings. The smallest absolute Gasteiger partial charge is 0.404 e. The van der Waals surface area contributed by atoms with Gasteiger partial charge in [-0.25, -0.2) is 35.4 Å². The van der Waals surface area contributed by atoms with Crippen molar-refractivity contribution in [3.05, 3.63) is 35.1 Å². The number of rotatable bonds is 12. The number of likely N-dealkylation sites (tertiary alicyclic amines) is 1. The van der Waals surface area contributed by atoms with Crippen LogP contribution in [0.15, 0.2) is 21.6 Å². The zero-order valence-electron chi connectivity index (χ0n) is 25.0. The van der Waals surface area contributed by atoms with Crippen LogP contribution in [0.1, 0.15) is 63.6 Å². The average Bonchev–Trinajstić information content (AvgIpc) is 3.56. The number of aliphatic carboxylic acids is 1. The summed E-state index contributed by atoms with van der Waals surface area (Å²) in [6.07, 6.45) is -9.99. The summed E-state index contributed by atoms with van der Waals surface area (Å²) in [6.45, 7) is 2.96. The van der Waals surface area contributed by atoms with Gasteiger partial charge in [0.15, 0.2) is 10.8 Å². The van der Waals surface area contributed by atoms with Crippen LogP contribution in [0.4, 0.5) is 35.1 Å². The molecule has 3 heterocycles. The molecule has 1 aliphatic heterocycles. The minimum atomic E-state index is -5.30. The van der Waals surface area contributed by atoms with Gasteiger partial charge in [0.2, 0.25) is 21.7 Å². The maximum atomic E-state index is 15.7. The number of sulfonamides is 1. The molecule has 0 radical (unpaired) electrons. The Morgan fingerprint density at radius 1 is 1.21 bits per heavy atom. The Bertz CT molecular complexity index is 1730. The second kappa shape index (κ2) is 13.3. The van der Waals surface area contributed by atoms with Crippen molar-refractivity contribution >= 4 is 27.3 Å². The fourth-order valence-electron chi connectivity index (χ4n) is 4.85. The zero-order valence-corrected chi connectivity index (χ0v) is 26.6. The van der Waals surface area contributed by atoms with Gasteiger partial charge in [-0.05, 0) is 39.3 Å². The molecule has 0 aliphatic carbocycles. The third kappa shape index (κ3) is 8.26. The number of alkyl halides is 7. The molecular formula is C27H29F8N5O5S2. The van der Waals surface area contributed by atoms with Gasteiger partial charge in [-0.2, -0.15) is 22.9 Å². The minimum Gasteiger partial charge on any atom is -0.481 e. The first-order valence-corrected chi connectivity index (χ1v) is 16.3. The third-order valence-corrected chi connectivity index (χ3v) is 9.99. The van der Waals surface area contributed by atoms with Crippen LogP contribution in [0.3, 0.4) is 0 Å². The number of aromatic nitrogens is 3.